The SMILES string of the molecule is [O-][S+]1NC=Cc2ncc(F)cc21. The molecule has 1 atom stereocenters. The first-order valence-electron chi connectivity index (χ1n) is 3.27. The van der Waals surface area contributed by atoms with Gasteiger partial charge in [0.2, 0.25) is 4.90 Å². The summed E-state index contributed by atoms with van der Waals surface area (Å²) in [4.78, 5) is 4.16. The second-order valence-corrected chi connectivity index (χ2v) is 3.47. The summed E-state index contributed by atoms with van der Waals surface area (Å²) < 4.78 is 26.3. The second-order valence-electron chi connectivity index (χ2n) is 2.26. The molecule has 1 aromatic rings. The third-order valence-corrected chi connectivity index (χ3v) is 2.54. The third-order valence-electron chi connectivity index (χ3n) is 1.46. The smallest absolute Gasteiger partial charge is 0.208 e. The van der Waals surface area contributed by atoms with Crippen molar-refractivity contribution in [2.75, 3.05) is 0 Å². The van der Waals surface area contributed by atoms with Crippen LogP contribution in [0.3, 0.4) is 0 Å². The van der Waals surface area contributed by atoms with Gasteiger partial charge in [0.05, 0.1) is 6.20 Å². The summed E-state index contributed by atoms with van der Waals surface area (Å²) in [5.41, 5.74) is 0.550. The average molecular weight is 184 g/mol. The highest BCUT2D eigenvalue weighted by atomic mass is 32.2. The number of nitrogens with one attached hydrogen (secondary N) is 1. The number of hydrogen-bond acceptors (Lipinski definition) is 3. The fourth-order valence-electron chi connectivity index (χ4n) is 0.943. The molecule has 1 aliphatic rings. The van der Waals surface area contributed by atoms with Crippen LogP contribution in [0.5, 0.6) is 0 Å². The Bertz CT molecular complexity index is 342. The van der Waals surface area contributed by atoms with Gasteiger partial charge < -0.3 is 4.55 Å². The first-order valence-corrected chi connectivity index (χ1v) is 4.42. The first-order chi connectivity index (χ1) is 5.77. The van der Waals surface area contributed by atoms with Gasteiger partial charge in [-0.05, 0) is 6.08 Å². The topological polar surface area (TPSA) is 48.0 Å². The Labute approximate surface area is 71.6 Å². The monoisotopic (exact) mass is 184 g/mol. The van der Waals surface area contributed by atoms with Gasteiger partial charge in [-0.3, -0.25) is 0 Å². The third kappa shape index (κ3) is 1.17. The molecule has 0 fully saturated rings. The minimum atomic E-state index is -1.36. The van der Waals surface area contributed by atoms with Gasteiger partial charge in [0, 0.05) is 12.3 Å². The van der Waals surface area contributed by atoms with Crippen molar-refractivity contribution < 1.29 is 8.94 Å². The standard InChI is InChI=1S/C7H5FN2OS/c8-5-3-7-6(9-4-5)1-2-10-12(7)11/h1-4,10H. The van der Waals surface area contributed by atoms with E-state index in [0.717, 1.165) is 6.20 Å². The number of pyridine rings is 1. The van der Waals surface area contributed by atoms with E-state index in [-0.39, 0.29) is 0 Å². The van der Waals surface area contributed by atoms with Crippen LogP contribution in [0.1, 0.15) is 5.69 Å². The molecule has 0 aromatic carbocycles. The molecule has 1 N–H and O–H groups in total. The Morgan fingerprint density at radius 2 is 2.42 bits per heavy atom. The fraction of sp³-hybridized carbons (Fsp3) is 0. The van der Waals surface area contributed by atoms with Gasteiger partial charge in [-0.15, -0.1) is 0 Å². The summed E-state index contributed by atoms with van der Waals surface area (Å²) in [7, 11) is 0. The molecule has 1 aliphatic heterocycles. The molecule has 0 bridgehead atoms. The van der Waals surface area contributed by atoms with Crippen LogP contribution >= 0.6 is 0 Å². The lowest BCUT2D eigenvalue weighted by Crippen LogP contribution is -2.22. The normalized spacial score (nSPS) is 20.0. The Hall–Kier alpha value is -1.07. The zero-order valence-corrected chi connectivity index (χ0v) is 6.77. The Morgan fingerprint density at radius 1 is 1.58 bits per heavy atom. The minimum Gasteiger partial charge on any atom is -0.588 e. The van der Waals surface area contributed by atoms with Crippen LogP contribution in [0.15, 0.2) is 23.4 Å². The van der Waals surface area contributed by atoms with E-state index in [0.29, 0.717) is 10.6 Å². The maximum atomic E-state index is 12.6. The van der Waals surface area contributed by atoms with Crippen molar-refractivity contribution in [1.29, 1.82) is 0 Å². The van der Waals surface area contributed by atoms with Crippen LogP contribution in [-0.2, 0) is 11.4 Å². The number of rotatable bonds is 0. The maximum Gasteiger partial charge on any atom is 0.208 e. The highest BCUT2D eigenvalue weighted by Gasteiger charge is 2.19. The van der Waals surface area contributed by atoms with Crippen molar-refractivity contribution in [2.24, 2.45) is 0 Å². The van der Waals surface area contributed by atoms with E-state index >= 15 is 0 Å². The van der Waals surface area contributed by atoms with Crippen molar-refractivity contribution in [1.82, 2.24) is 9.71 Å². The molecule has 3 nitrogen and oxygen atoms in total. The number of halogens is 1. The van der Waals surface area contributed by atoms with Gasteiger partial charge in [0.1, 0.15) is 22.9 Å². The van der Waals surface area contributed by atoms with E-state index in [2.05, 4.69) is 9.71 Å². The van der Waals surface area contributed by atoms with Crippen molar-refractivity contribution in [2.45, 2.75) is 4.90 Å². The Morgan fingerprint density at radius 3 is 3.25 bits per heavy atom. The predicted molar refractivity (Wildman–Crippen MR) is 42.8 cm³/mol. The van der Waals surface area contributed by atoms with Gasteiger partial charge in [-0.2, -0.15) is 0 Å². The highest BCUT2D eigenvalue weighted by molar-refractivity contribution is 7.89. The van der Waals surface area contributed by atoms with E-state index in [1.54, 1.807) is 6.08 Å². The van der Waals surface area contributed by atoms with Crippen LogP contribution in [0.25, 0.3) is 6.08 Å². The summed E-state index contributed by atoms with van der Waals surface area (Å²) >= 11 is -1.36. The summed E-state index contributed by atoms with van der Waals surface area (Å²) in [6.45, 7) is 0. The van der Waals surface area contributed by atoms with Crippen LogP contribution in [-0.4, -0.2) is 9.54 Å². The van der Waals surface area contributed by atoms with E-state index < -0.39 is 17.2 Å². The lowest BCUT2D eigenvalue weighted by molar-refractivity contribution is 0.581. The van der Waals surface area contributed by atoms with Crippen LogP contribution in [0.2, 0.25) is 0 Å². The van der Waals surface area contributed by atoms with E-state index in [1.165, 1.54) is 12.3 Å². The predicted octanol–water partition coefficient (Wildman–Crippen LogP) is 0.817. The van der Waals surface area contributed by atoms with Gasteiger partial charge in [-0.25, -0.2) is 14.1 Å². The van der Waals surface area contributed by atoms with Gasteiger partial charge in [0.25, 0.3) is 0 Å². The molecule has 0 saturated carbocycles. The highest BCUT2D eigenvalue weighted by Crippen LogP contribution is 2.18. The van der Waals surface area contributed by atoms with E-state index in [9.17, 15) is 8.94 Å². The molecule has 0 aliphatic carbocycles. The zero-order chi connectivity index (χ0) is 8.55. The Balaban J connectivity index is 2.56. The largest absolute Gasteiger partial charge is 0.588 e. The molecule has 2 rings (SSSR count). The van der Waals surface area contributed by atoms with E-state index in [4.69, 9.17) is 0 Å². The van der Waals surface area contributed by atoms with Crippen LogP contribution < -0.4 is 4.72 Å². The molecule has 12 heavy (non-hydrogen) atoms. The fourth-order valence-corrected chi connectivity index (χ4v) is 1.79. The lowest BCUT2D eigenvalue weighted by Gasteiger charge is -2.13. The molecule has 1 aromatic heterocycles. The molecule has 62 valence electrons. The van der Waals surface area contributed by atoms with Crippen LogP contribution in [0, 0.1) is 5.82 Å². The molecule has 0 saturated heterocycles. The zero-order valence-electron chi connectivity index (χ0n) is 5.95. The molecule has 1 unspecified atom stereocenters. The van der Waals surface area contributed by atoms with Crippen LogP contribution in [0.4, 0.5) is 4.39 Å². The molecule has 0 amide bonds. The number of aromatic nitrogens is 1. The number of nitrogens with zero attached hydrogens (tertiary/aromatic N) is 1. The van der Waals surface area contributed by atoms with Crippen molar-refractivity contribution >= 4 is 17.4 Å². The Kier molecular flexibility index (Phi) is 1.74. The second kappa shape index (κ2) is 2.76. The number of hydrogen-bond donors (Lipinski definition) is 1. The van der Waals surface area contributed by atoms with Gasteiger partial charge in [-0.1, -0.05) is 0 Å². The molecular formula is C7H5FN2OS. The van der Waals surface area contributed by atoms with Crippen molar-refractivity contribution in [3.8, 4) is 0 Å². The summed E-state index contributed by atoms with van der Waals surface area (Å²) in [6.07, 6.45) is 4.28. The summed E-state index contributed by atoms with van der Waals surface area (Å²) in [5.74, 6) is -0.473. The van der Waals surface area contributed by atoms with Crippen molar-refractivity contribution in [3.05, 3.63) is 30.0 Å². The lowest BCUT2D eigenvalue weighted by atomic mass is 10.3. The molecule has 2 heterocycles. The number of fused-ring (bicyclic) bond motifs is 1. The quantitative estimate of drug-likeness (QED) is 0.607. The summed E-state index contributed by atoms with van der Waals surface area (Å²) in [5, 5.41) is 0. The van der Waals surface area contributed by atoms with Crippen molar-refractivity contribution in [3.63, 3.8) is 0 Å². The van der Waals surface area contributed by atoms with Gasteiger partial charge in [0.15, 0.2) is 0 Å². The molecule has 0 radical (unpaired) electrons. The molecule has 0 spiro atoms. The van der Waals surface area contributed by atoms with E-state index in [1.807, 2.05) is 0 Å². The first kappa shape index (κ1) is 7.57. The minimum absolute atomic E-state index is 0.387. The molecule has 5 heteroatoms. The maximum absolute atomic E-state index is 12.6. The molecular weight excluding hydrogens is 179 g/mol. The summed E-state index contributed by atoms with van der Waals surface area (Å²) in [6, 6.07) is 1.22. The van der Waals surface area contributed by atoms with Gasteiger partial charge >= 0.3 is 0 Å². The average Bonchev–Trinajstić information content (AvgIpc) is 2.07.